The van der Waals surface area contributed by atoms with Crippen LogP contribution in [0.2, 0.25) is 0 Å². The van der Waals surface area contributed by atoms with E-state index in [1.54, 1.807) is 12.3 Å². The summed E-state index contributed by atoms with van der Waals surface area (Å²) in [4.78, 5) is 15.1. The van der Waals surface area contributed by atoms with Crippen LogP contribution in [0.25, 0.3) is 0 Å². The number of benzene rings is 1. The van der Waals surface area contributed by atoms with Gasteiger partial charge in [0.15, 0.2) is 0 Å². The number of carboxylic acids is 1. The van der Waals surface area contributed by atoms with Gasteiger partial charge in [-0.15, -0.1) is 0 Å². The molecule has 0 saturated carbocycles. The van der Waals surface area contributed by atoms with Gasteiger partial charge in [-0.25, -0.2) is 4.79 Å². The van der Waals surface area contributed by atoms with Crippen LogP contribution in [-0.2, 0) is 12.8 Å². The van der Waals surface area contributed by atoms with Gasteiger partial charge in [-0.2, -0.15) is 0 Å². The van der Waals surface area contributed by atoms with Gasteiger partial charge in [0, 0.05) is 18.8 Å². The number of nitrogens with zero attached hydrogens (tertiary/aromatic N) is 1. The Kier molecular flexibility index (Phi) is 3.37. The number of pyridine rings is 1. The molecule has 2 heterocycles. The molecule has 0 spiro atoms. The quantitative estimate of drug-likeness (QED) is 0.927. The first-order valence-electron chi connectivity index (χ1n) is 6.65. The lowest BCUT2D eigenvalue weighted by Gasteiger charge is -2.11. The highest BCUT2D eigenvalue weighted by Crippen LogP contribution is 2.30. The summed E-state index contributed by atoms with van der Waals surface area (Å²) in [5.41, 5.74) is 2.32. The van der Waals surface area contributed by atoms with Crippen molar-refractivity contribution < 1.29 is 14.6 Å². The molecule has 2 aromatic rings. The second kappa shape index (κ2) is 5.33. The van der Waals surface area contributed by atoms with Crippen LogP contribution in [0.5, 0.6) is 5.75 Å². The summed E-state index contributed by atoms with van der Waals surface area (Å²) in [7, 11) is 0. The number of ether oxygens (including phenoxy) is 1. The monoisotopic (exact) mass is 269 g/mol. The van der Waals surface area contributed by atoms with Crippen molar-refractivity contribution in [2.45, 2.75) is 25.4 Å². The second-order valence-electron chi connectivity index (χ2n) is 4.93. The van der Waals surface area contributed by atoms with Gasteiger partial charge >= 0.3 is 5.97 Å². The Morgan fingerprint density at radius 2 is 2.20 bits per heavy atom. The lowest BCUT2D eigenvalue weighted by molar-refractivity contribution is 0.0695. The summed E-state index contributed by atoms with van der Waals surface area (Å²) < 4.78 is 5.86. The minimum absolute atomic E-state index is 0.120. The highest BCUT2D eigenvalue weighted by molar-refractivity contribution is 5.89. The highest BCUT2D eigenvalue weighted by atomic mass is 16.5. The van der Waals surface area contributed by atoms with Crippen molar-refractivity contribution in [3.63, 3.8) is 0 Å². The van der Waals surface area contributed by atoms with E-state index in [4.69, 9.17) is 9.84 Å². The van der Waals surface area contributed by atoms with Crippen LogP contribution in [0.3, 0.4) is 0 Å². The Morgan fingerprint density at radius 3 is 3.00 bits per heavy atom. The second-order valence-corrected chi connectivity index (χ2v) is 4.93. The van der Waals surface area contributed by atoms with Crippen molar-refractivity contribution in [2.75, 3.05) is 0 Å². The Bertz CT molecular complexity index is 614. The molecule has 1 atom stereocenters. The average Bonchev–Trinajstić information content (AvgIpc) is 2.88. The summed E-state index contributed by atoms with van der Waals surface area (Å²) in [6.07, 6.45) is 5.60. The maximum atomic E-state index is 11.1. The number of rotatable bonds is 4. The number of aryl methyl sites for hydroxylation is 1. The minimum Gasteiger partial charge on any atom is -0.490 e. The predicted molar refractivity (Wildman–Crippen MR) is 74.1 cm³/mol. The normalized spacial score (nSPS) is 16.5. The van der Waals surface area contributed by atoms with E-state index >= 15 is 0 Å². The zero-order chi connectivity index (χ0) is 13.9. The summed E-state index contributed by atoms with van der Waals surface area (Å²) >= 11 is 0. The van der Waals surface area contributed by atoms with Crippen molar-refractivity contribution in [1.29, 1.82) is 0 Å². The molecule has 1 aromatic heterocycles. The standard InChI is InChI=1S/C16H15NO3/c18-16(19)14-7-8-17-10-12(14)5-6-13-9-11-3-1-2-4-15(11)20-13/h1-4,7-8,10,13H,5-6,9H2,(H,18,19). The molecular formula is C16H15NO3. The topological polar surface area (TPSA) is 59.4 Å². The van der Waals surface area contributed by atoms with Gasteiger partial charge in [-0.3, -0.25) is 4.98 Å². The van der Waals surface area contributed by atoms with Gasteiger partial charge in [0.2, 0.25) is 0 Å². The molecule has 4 heteroatoms. The van der Waals surface area contributed by atoms with Crippen molar-refractivity contribution >= 4 is 5.97 Å². The third kappa shape index (κ3) is 2.50. The minimum atomic E-state index is -0.905. The van der Waals surface area contributed by atoms with Gasteiger partial charge < -0.3 is 9.84 Å². The molecule has 1 aromatic carbocycles. The lowest BCUT2D eigenvalue weighted by Crippen LogP contribution is -2.15. The fourth-order valence-corrected chi connectivity index (χ4v) is 2.57. The van der Waals surface area contributed by atoms with E-state index in [9.17, 15) is 4.79 Å². The third-order valence-corrected chi connectivity index (χ3v) is 3.58. The Morgan fingerprint density at radius 1 is 1.35 bits per heavy atom. The first-order valence-corrected chi connectivity index (χ1v) is 6.65. The maximum absolute atomic E-state index is 11.1. The molecular weight excluding hydrogens is 254 g/mol. The zero-order valence-electron chi connectivity index (χ0n) is 11.0. The molecule has 1 N–H and O–H groups in total. The van der Waals surface area contributed by atoms with E-state index in [0.29, 0.717) is 12.0 Å². The fourth-order valence-electron chi connectivity index (χ4n) is 2.57. The predicted octanol–water partition coefficient (Wildman–Crippen LogP) is 2.72. The number of aromatic nitrogens is 1. The summed E-state index contributed by atoms with van der Waals surface area (Å²) in [6, 6.07) is 9.56. The molecule has 0 amide bonds. The SMILES string of the molecule is O=C(O)c1ccncc1CCC1Cc2ccccc2O1. The van der Waals surface area contributed by atoms with E-state index in [1.165, 1.54) is 11.8 Å². The van der Waals surface area contributed by atoms with E-state index < -0.39 is 5.97 Å². The Labute approximate surface area is 117 Å². The smallest absolute Gasteiger partial charge is 0.336 e. The van der Waals surface area contributed by atoms with Crippen LogP contribution in [0, 0.1) is 0 Å². The zero-order valence-corrected chi connectivity index (χ0v) is 11.0. The average molecular weight is 269 g/mol. The van der Waals surface area contributed by atoms with E-state index in [1.807, 2.05) is 18.2 Å². The molecule has 20 heavy (non-hydrogen) atoms. The molecule has 1 aliphatic rings. The molecule has 102 valence electrons. The van der Waals surface area contributed by atoms with E-state index in [2.05, 4.69) is 11.1 Å². The number of fused-ring (bicyclic) bond motifs is 1. The summed E-state index contributed by atoms with van der Waals surface area (Å²) in [5, 5.41) is 9.14. The molecule has 0 radical (unpaired) electrons. The van der Waals surface area contributed by atoms with E-state index in [-0.39, 0.29) is 6.10 Å². The number of hydrogen-bond donors (Lipinski definition) is 1. The van der Waals surface area contributed by atoms with Crippen LogP contribution in [0.1, 0.15) is 27.9 Å². The van der Waals surface area contributed by atoms with Crippen LogP contribution >= 0.6 is 0 Å². The van der Waals surface area contributed by atoms with Gasteiger partial charge in [0.25, 0.3) is 0 Å². The highest BCUT2D eigenvalue weighted by Gasteiger charge is 2.22. The molecule has 4 nitrogen and oxygen atoms in total. The van der Waals surface area contributed by atoms with Gasteiger partial charge in [0.1, 0.15) is 11.9 Å². The molecule has 0 bridgehead atoms. The van der Waals surface area contributed by atoms with Gasteiger partial charge in [-0.05, 0) is 36.1 Å². The van der Waals surface area contributed by atoms with Gasteiger partial charge in [-0.1, -0.05) is 18.2 Å². The number of carbonyl (C=O) groups is 1. The maximum Gasteiger partial charge on any atom is 0.336 e. The van der Waals surface area contributed by atoms with Crippen LogP contribution < -0.4 is 4.74 Å². The van der Waals surface area contributed by atoms with Crippen LogP contribution in [0.4, 0.5) is 0 Å². The van der Waals surface area contributed by atoms with Crippen molar-refractivity contribution in [3.05, 3.63) is 59.4 Å². The molecule has 1 aliphatic heterocycles. The molecule has 0 aliphatic carbocycles. The Balaban J connectivity index is 1.66. The summed E-state index contributed by atoms with van der Waals surface area (Å²) in [5.74, 6) is 0.0418. The number of carboxylic acid groups (broad SMARTS) is 1. The largest absolute Gasteiger partial charge is 0.490 e. The fraction of sp³-hybridized carbons (Fsp3) is 0.250. The Hall–Kier alpha value is -2.36. The van der Waals surface area contributed by atoms with Crippen molar-refractivity contribution in [3.8, 4) is 5.75 Å². The molecule has 1 unspecified atom stereocenters. The lowest BCUT2D eigenvalue weighted by atomic mass is 10.0. The first kappa shape index (κ1) is 12.7. The molecule has 3 rings (SSSR count). The van der Waals surface area contributed by atoms with E-state index in [0.717, 1.165) is 24.2 Å². The molecule has 0 saturated heterocycles. The van der Waals surface area contributed by atoms with Crippen molar-refractivity contribution in [1.82, 2.24) is 4.98 Å². The van der Waals surface area contributed by atoms with Crippen LogP contribution in [0.15, 0.2) is 42.7 Å². The first-order chi connectivity index (χ1) is 9.74. The van der Waals surface area contributed by atoms with Gasteiger partial charge in [0.05, 0.1) is 5.56 Å². The number of hydrogen-bond acceptors (Lipinski definition) is 3. The molecule has 0 fully saturated rings. The summed E-state index contributed by atoms with van der Waals surface area (Å²) in [6.45, 7) is 0. The third-order valence-electron chi connectivity index (χ3n) is 3.58. The van der Waals surface area contributed by atoms with Crippen molar-refractivity contribution in [2.24, 2.45) is 0 Å². The number of aromatic carboxylic acids is 1. The number of para-hydroxylation sites is 1. The van der Waals surface area contributed by atoms with Crippen LogP contribution in [-0.4, -0.2) is 22.2 Å².